The lowest BCUT2D eigenvalue weighted by Gasteiger charge is -2.13. The van der Waals surface area contributed by atoms with Crippen LogP contribution in [-0.2, 0) is 0 Å². The minimum atomic E-state index is -0.343. The highest BCUT2D eigenvalue weighted by Crippen LogP contribution is 2.40. The number of H-pyrrole nitrogens is 1. The highest BCUT2D eigenvalue weighted by Gasteiger charge is 2.17. The van der Waals surface area contributed by atoms with E-state index in [1.54, 1.807) is 42.7 Å². The van der Waals surface area contributed by atoms with Gasteiger partial charge in [-0.05, 0) is 37.3 Å². The fraction of sp³-hybridized carbons (Fsp3) is 0.182. The van der Waals surface area contributed by atoms with Crippen LogP contribution in [-0.4, -0.2) is 52.0 Å². The molecule has 3 heterocycles. The summed E-state index contributed by atoms with van der Waals surface area (Å²) in [6.45, 7) is 1.89. The molecule has 0 radical (unpaired) electrons. The predicted octanol–water partition coefficient (Wildman–Crippen LogP) is 3.24. The smallest absolute Gasteiger partial charge is 0.273 e. The number of nitrogens with one attached hydrogen (secondary N) is 2. The normalized spacial score (nSPS) is 10.6. The van der Waals surface area contributed by atoms with E-state index in [2.05, 4.69) is 25.5 Å². The van der Waals surface area contributed by atoms with Crippen molar-refractivity contribution in [3.8, 4) is 34.3 Å². The number of carbonyl (C=O) groups is 1. The van der Waals surface area contributed by atoms with Crippen LogP contribution in [0.2, 0.25) is 0 Å². The highest BCUT2D eigenvalue weighted by molar-refractivity contribution is 6.03. The van der Waals surface area contributed by atoms with Crippen molar-refractivity contribution in [3.05, 3.63) is 60.4 Å². The SMILES string of the molecule is COc1cc(-c2cc(C(=O)Nc3ccc(-n4ccnc4C)nc3)[nH]n2)cc(OC)c1OC. The van der Waals surface area contributed by atoms with Gasteiger partial charge < -0.3 is 19.5 Å². The molecular formula is C22H22N6O4. The summed E-state index contributed by atoms with van der Waals surface area (Å²) in [5.41, 5.74) is 2.11. The van der Waals surface area contributed by atoms with Crippen molar-refractivity contribution >= 4 is 11.6 Å². The number of rotatable bonds is 7. The first-order valence-electron chi connectivity index (χ1n) is 9.67. The Morgan fingerprint density at radius 3 is 2.34 bits per heavy atom. The van der Waals surface area contributed by atoms with Crippen LogP contribution >= 0.6 is 0 Å². The maximum absolute atomic E-state index is 12.7. The fourth-order valence-corrected chi connectivity index (χ4v) is 3.24. The molecule has 0 spiro atoms. The number of aromatic nitrogens is 5. The number of pyridine rings is 1. The number of imidazole rings is 1. The van der Waals surface area contributed by atoms with E-state index in [0.717, 1.165) is 5.82 Å². The minimum Gasteiger partial charge on any atom is -0.493 e. The van der Waals surface area contributed by atoms with Crippen molar-refractivity contribution in [3.63, 3.8) is 0 Å². The maximum Gasteiger partial charge on any atom is 0.273 e. The van der Waals surface area contributed by atoms with Gasteiger partial charge in [0.1, 0.15) is 17.3 Å². The zero-order chi connectivity index (χ0) is 22.7. The number of anilines is 1. The summed E-state index contributed by atoms with van der Waals surface area (Å²) in [5.74, 6) is 2.67. The van der Waals surface area contributed by atoms with E-state index in [1.165, 1.54) is 21.3 Å². The van der Waals surface area contributed by atoms with Crippen LogP contribution in [0.25, 0.3) is 17.1 Å². The Kier molecular flexibility index (Phi) is 5.75. The van der Waals surface area contributed by atoms with Gasteiger partial charge in [0.2, 0.25) is 5.75 Å². The molecule has 0 saturated carbocycles. The third-order valence-corrected chi connectivity index (χ3v) is 4.86. The zero-order valence-corrected chi connectivity index (χ0v) is 18.0. The number of aryl methyl sites for hydroxylation is 1. The summed E-state index contributed by atoms with van der Waals surface area (Å²) in [6.07, 6.45) is 5.12. The molecule has 0 bridgehead atoms. The standard InChI is InChI=1S/C22H22N6O4/c1-13-23-7-8-28(13)20-6-5-15(12-24-20)25-22(29)17-11-16(26-27-17)14-9-18(30-2)21(32-4)19(10-14)31-3/h5-12H,1-4H3,(H,25,29)(H,26,27). The van der Waals surface area contributed by atoms with Crippen molar-refractivity contribution in [2.75, 3.05) is 26.6 Å². The van der Waals surface area contributed by atoms with Gasteiger partial charge in [-0.15, -0.1) is 0 Å². The Labute approximate surface area is 184 Å². The van der Waals surface area contributed by atoms with Crippen LogP contribution in [0.15, 0.2) is 48.9 Å². The number of nitrogens with zero attached hydrogens (tertiary/aromatic N) is 4. The third-order valence-electron chi connectivity index (χ3n) is 4.86. The number of hydrogen-bond donors (Lipinski definition) is 2. The molecule has 0 atom stereocenters. The van der Waals surface area contributed by atoms with E-state index in [-0.39, 0.29) is 5.91 Å². The quantitative estimate of drug-likeness (QED) is 0.459. The topological polar surface area (TPSA) is 116 Å². The largest absolute Gasteiger partial charge is 0.493 e. The lowest BCUT2D eigenvalue weighted by atomic mass is 10.1. The Balaban J connectivity index is 1.53. The second-order valence-corrected chi connectivity index (χ2v) is 6.78. The highest BCUT2D eigenvalue weighted by atomic mass is 16.5. The van der Waals surface area contributed by atoms with Gasteiger partial charge in [0.05, 0.1) is 38.9 Å². The Morgan fingerprint density at radius 1 is 1.03 bits per heavy atom. The monoisotopic (exact) mass is 434 g/mol. The molecular weight excluding hydrogens is 412 g/mol. The molecule has 3 aromatic heterocycles. The van der Waals surface area contributed by atoms with E-state index in [0.29, 0.717) is 45.7 Å². The fourth-order valence-electron chi connectivity index (χ4n) is 3.24. The summed E-state index contributed by atoms with van der Waals surface area (Å²) in [7, 11) is 4.62. The van der Waals surface area contributed by atoms with E-state index < -0.39 is 0 Å². The average Bonchev–Trinajstić information content (AvgIpc) is 3.48. The number of ether oxygens (including phenoxy) is 3. The zero-order valence-electron chi connectivity index (χ0n) is 18.0. The summed E-state index contributed by atoms with van der Waals surface area (Å²) in [6, 6.07) is 8.75. The van der Waals surface area contributed by atoms with E-state index in [4.69, 9.17) is 14.2 Å². The molecule has 10 heteroatoms. The molecule has 4 aromatic rings. The molecule has 4 rings (SSSR count). The minimum absolute atomic E-state index is 0.295. The first kappa shape index (κ1) is 20.9. The van der Waals surface area contributed by atoms with Gasteiger partial charge in [-0.25, -0.2) is 9.97 Å². The van der Waals surface area contributed by atoms with Crippen LogP contribution in [0.1, 0.15) is 16.3 Å². The first-order chi connectivity index (χ1) is 15.5. The van der Waals surface area contributed by atoms with Crippen molar-refractivity contribution in [2.45, 2.75) is 6.92 Å². The van der Waals surface area contributed by atoms with Gasteiger partial charge in [-0.3, -0.25) is 14.5 Å². The number of carbonyl (C=O) groups excluding carboxylic acids is 1. The van der Waals surface area contributed by atoms with E-state index in [1.807, 2.05) is 17.7 Å². The third kappa shape index (κ3) is 3.97. The number of benzene rings is 1. The predicted molar refractivity (Wildman–Crippen MR) is 118 cm³/mol. The lowest BCUT2D eigenvalue weighted by molar-refractivity contribution is 0.102. The molecule has 0 aliphatic heterocycles. The molecule has 164 valence electrons. The number of aromatic amines is 1. The van der Waals surface area contributed by atoms with Gasteiger partial charge in [-0.1, -0.05) is 0 Å². The molecule has 0 aliphatic rings. The Morgan fingerprint density at radius 2 is 1.78 bits per heavy atom. The molecule has 0 fully saturated rings. The number of hydrogen-bond acceptors (Lipinski definition) is 7. The van der Waals surface area contributed by atoms with Crippen LogP contribution in [0.4, 0.5) is 5.69 Å². The van der Waals surface area contributed by atoms with Crippen molar-refractivity contribution in [1.82, 2.24) is 24.7 Å². The van der Waals surface area contributed by atoms with E-state index in [9.17, 15) is 4.79 Å². The van der Waals surface area contributed by atoms with Crippen LogP contribution in [0.5, 0.6) is 17.2 Å². The van der Waals surface area contributed by atoms with Gasteiger partial charge in [-0.2, -0.15) is 5.10 Å². The lowest BCUT2D eigenvalue weighted by Crippen LogP contribution is -2.12. The molecule has 2 N–H and O–H groups in total. The number of methoxy groups -OCH3 is 3. The van der Waals surface area contributed by atoms with Gasteiger partial charge in [0.15, 0.2) is 11.5 Å². The molecule has 32 heavy (non-hydrogen) atoms. The Hall–Kier alpha value is -4.34. The van der Waals surface area contributed by atoms with Crippen molar-refractivity contribution in [2.24, 2.45) is 0 Å². The molecule has 1 amide bonds. The second kappa shape index (κ2) is 8.80. The average molecular weight is 434 g/mol. The van der Waals surface area contributed by atoms with Gasteiger partial charge in [0.25, 0.3) is 5.91 Å². The van der Waals surface area contributed by atoms with Gasteiger partial charge in [0, 0.05) is 18.0 Å². The van der Waals surface area contributed by atoms with Crippen LogP contribution in [0.3, 0.4) is 0 Å². The molecule has 0 unspecified atom stereocenters. The summed E-state index contributed by atoms with van der Waals surface area (Å²) in [5, 5.41) is 9.82. The van der Waals surface area contributed by atoms with Crippen molar-refractivity contribution < 1.29 is 19.0 Å². The molecule has 1 aromatic carbocycles. The molecule has 0 aliphatic carbocycles. The van der Waals surface area contributed by atoms with Crippen LogP contribution in [0, 0.1) is 6.92 Å². The van der Waals surface area contributed by atoms with E-state index >= 15 is 0 Å². The second-order valence-electron chi connectivity index (χ2n) is 6.78. The van der Waals surface area contributed by atoms with Gasteiger partial charge >= 0.3 is 0 Å². The molecule has 0 saturated heterocycles. The molecule has 10 nitrogen and oxygen atoms in total. The summed E-state index contributed by atoms with van der Waals surface area (Å²) in [4.78, 5) is 21.2. The maximum atomic E-state index is 12.7. The Bertz CT molecular complexity index is 1220. The first-order valence-corrected chi connectivity index (χ1v) is 9.67. The number of amides is 1. The summed E-state index contributed by atoms with van der Waals surface area (Å²) < 4.78 is 18.0. The van der Waals surface area contributed by atoms with Crippen LogP contribution < -0.4 is 19.5 Å². The summed E-state index contributed by atoms with van der Waals surface area (Å²) >= 11 is 0. The van der Waals surface area contributed by atoms with Crippen molar-refractivity contribution in [1.29, 1.82) is 0 Å².